The van der Waals surface area contributed by atoms with E-state index in [0.29, 0.717) is 6.20 Å². The van der Waals surface area contributed by atoms with E-state index in [2.05, 4.69) is 9.72 Å². The Bertz CT molecular complexity index is 336. The highest BCUT2D eigenvalue weighted by Crippen LogP contribution is 2.08. The van der Waals surface area contributed by atoms with Crippen LogP contribution >= 0.6 is 0 Å². The fourth-order valence-electron chi connectivity index (χ4n) is 0.824. The molecule has 0 bridgehead atoms. The number of carbonyl (C=O) groups is 1. The van der Waals surface area contributed by atoms with E-state index in [1.807, 2.05) is 0 Å². The van der Waals surface area contributed by atoms with Crippen molar-refractivity contribution in [2.75, 3.05) is 7.11 Å². The van der Waals surface area contributed by atoms with Gasteiger partial charge < -0.3 is 17.7 Å². The number of esters is 1. The summed E-state index contributed by atoms with van der Waals surface area (Å²) in [6.07, 6.45) is 0.617. The lowest BCUT2D eigenvalue weighted by Gasteiger charge is -2.13. The maximum Gasteiger partial charge on any atom is 0.511 e. The third-order valence-electron chi connectivity index (χ3n) is 1.56. The highest BCUT2D eigenvalue weighted by Gasteiger charge is 2.25. The van der Waals surface area contributed by atoms with Gasteiger partial charge in [0.25, 0.3) is 0 Å². The SMILES string of the molecule is COC(=O)c1ccc([B-](F)(F)F)cn1. The first-order valence-electron chi connectivity index (χ1n) is 3.69. The molecule has 0 aliphatic carbocycles. The smallest absolute Gasteiger partial charge is 0.464 e. The molecule has 0 radical (unpaired) electrons. The first kappa shape index (κ1) is 10.6. The standard InChI is InChI=1S/C7H6BF3NO2/c1-14-7(13)6-3-2-5(4-12-6)8(9,10)11/h2-4H,1H3/q-1. The Morgan fingerprint density at radius 3 is 2.43 bits per heavy atom. The minimum Gasteiger partial charge on any atom is -0.464 e. The van der Waals surface area contributed by atoms with Gasteiger partial charge in [-0.1, -0.05) is 11.5 Å². The second-order valence-corrected chi connectivity index (χ2v) is 2.54. The Hall–Kier alpha value is -1.53. The molecule has 14 heavy (non-hydrogen) atoms. The number of halogens is 3. The molecule has 0 spiro atoms. The maximum absolute atomic E-state index is 12.1. The van der Waals surface area contributed by atoms with Crippen molar-refractivity contribution >= 4 is 18.4 Å². The third-order valence-corrected chi connectivity index (χ3v) is 1.56. The second kappa shape index (κ2) is 3.69. The first-order chi connectivity index (χ1) is 6.45. The molecule has 0 aromatic carbocycles. The molecule has 0 fully saturated rings. The van der Waals surface area contributed by atoms with Crippen molar-refractivity contribution in [3.63, 3.8) is 0 Å². The van der Waals surface area contributed by atoms with E-state index in [-0.39, 0.29) is 5.69 Å². The minimum absolute atomic E-state index is 0.142. The molecule has 3 nitrogen and oxygen atoms in total. The summed E-state index contributed by atoms with van der Waals surface area (Å²) in [5.74, 6) is -0.758. The zero-order valence-electron chi connectivity index (χ0n) is 7.21. The number of carbonyl (C=O) groups excluding carboxylic acids is 1. The average molecular weight is 204 g/mol. The van der Waals surface area contributed by atoms with E-state index in [0.717, 1.165) is 19.2 Å². The van der Waals surface area contributed by atoms with Crippen molar-refractivity contribution in [1.82, 2.24) is 4.98 Å². The van der Waals surface area contributed by atoms with Crippen LogP contribution in [0.1, 0.15) is 10.5 Å². The molecule has 0 aliphatic rings. The molecule has 1 aromatic heterocycles. The number of nitrogens with zero attached hydrogens (tertiary/aromatic N) is 1. The summed E-state index contributed by atoms with van der Waals surface area (Å²) < 4.78 is 40.6. The van der Waals surface area contributed by atoms with Crippen molar-refractivity contribution < 1.29 is 22.5 Å². The Labute approximate surface area is 78.0 Å². The third kappa shape index (κ3) is 2.24. The summed E-state index contributed by atoms with van der Waals surface area (Å²) in [6, 6.07) is 1.79. The van der Waals surface area contributed by atoms with Crippen LogP contribution in [0.5, 0.6) is 0 Å². The lowest BCUT2D eigenvalue weighted by Crippen LogP contribution is -2.34. The van der Waals surface area contributed by atoms with Gasteiger partial charge in [0.05, 0.1) is 7.11 Å². The van der Waals surface area contributed by atoms with Crippen LogP contribution in [0.25, 0.3) is 0 Å². The molecule has 76 valence electrons. The number of methoxy groups -OCH3 is 1. The monoisotopic (exact) mass is 204 g/mol. The topological polar surface area (TPSA) is 39.2 Å². The first-order valence-corrected chi connectivity index (χ1v) is 3.69. The molecular formula is C7H6BF3NO2-. The fourth-order valence-corrected chi connectivity index (χ4v) is 0.824. The second-order valence-electron chi connectivity index (χ2n) is 2.54. The van der Waals surface area contributed by atoms with E-state index in [1.54, 1.807) is 0 Å². The summed E-state index contributed by atoms with van der Waals surface area (Å²) >= 11 is 0. The number of hydrogen-bond acceptors (Lipinski definition) is 3. The zero-order chi connectivity index (χ0) is 10.8. The predicted octanol–water partition coefficient (Wildman–Crippen LogP) is 0.923. The summed E-state index contributed by atoms with van der Waals surface area (Å²) in [4.78, 5) is 14.2. The molecule has 0 saturated carbocycles. The highest BCUT2D eigenvalue weighted by molar-refractivity contribution is 6.73. The summed E-state index contributed by atoms with van der Waals surface area (Å²) in [7, 11) is 1.13. The van der Waals surface area contributed by atoms with Gasteiger partial charge in [0.2, 0.25) is 0 Å². The molecule has 7 heteroatoms. The van der Waals surface area contributed by atoms with E-state index >= 15 is 0 Å². The van der Waals surface area contributed by atoms with Crippen molar-refractivity contribution in [1.29, 1.82) is 0 Å². The average Bonchev–Trinajstić information content (AvgIpc) is 2.15. The van der Waals surface area contributed by atoms with Gasteiger partial charge in [0.15, 0.2) is 0 Å². The largest absolute Gasteiger partial charge is 0.511 e. The van der Waals surface area contributed by atoms with Crippen LogP contribution in [-0.4, -0.2) is 25.0 Å². The molecule has 0 N–H and O–H groups in total. The summed E-state index contributed by atoms with van der Waals surface area (Å²) in [5.41, 5.74) is -0.978. The molecule has 0 aliphatic heterocycles. The number of rotatable bonds is 2. The van der Waals surface area contributed by atoms with E-state index in [9.17, 15) is 17.7 Å². The lowest BCUT2D eigenvalue weighted by molar-refractivity contribution is 0.0594. The van der Waals surface area contributed by atoms with Gasteiger partial charge in [0.1, 0.15) is 5.69 Å². The number of hydrogen-bond donors (Lipinski definition) is 0. The predicted molar refractivity (Wildman–Crippen MR) is 44.3 cm³/mol. The van der Waals surface area contributed by atoms with Crippen LogP contribution in [0, 0.1) is 0 Å². The minimum atomic E-state index is -5.06. The quantitative estimate of drug-likeness (QED) is 0.531. The molecule has 1 heterocycles. The van der Waals surface area contributed by atoms with Crippen molar-refractivity contribution in [2.45, 2.75) is 0 Å². The molecule has 1 aromatic rings. The Morgan fingerprint density at radius 1 is 1.43 bits per heavy atom. The van der Waals surface area contributed by atoms with Gasteiger partial charge in [-0.05, 0) is 6.07 Å². The van der Waals surface area contributed by atoms with Gasteiger partial charge in [0, 0.05) is 6.20 Å². The van der Waals surface area contributed by atoms with Gasteiger partial charge in [-0.2, -0.15) is 0 Å². The van der Waals surface area contributed by atoms with Crippen molar-refractivity contribution in [3.05, 3.63) is 24.0 Å². The summed E-state index contributed by atoms with van der Waals surface area (Å²) in [5, 5.41) is 0. The van der Waals surface area contributed by atoms with E-state index < -0.39 is 18.4 Å². The van der Waals surface area contributed by atoms with Crippen LogP contribution < -0.4 is 5.46 Å². The number of aromatic nitrogens is 1. The van der Waals surface area contributed by atoms with Crippen LogP contribution in [0.3, 0.4) is 0 Å². The summed E-state index contributed by atoms with van der Waals surface area (Å²) in [6.45, 7) is -5.06. The fraction of sp³-hybridized carbons (Fsp3) is 0.143. The van der Waals surface area contributed by atoms with Crippen LogP contribution in [0.15, 0.2) is 18.3 Å². The van der Waals surface area contributed by atoms with Crippen molar-refractivity contribution in [2.24, 2.45) is 0 Å². The van der Waals surface area contributed by atoms with Gasteiger partial charge >= 0.3 is 12.9 Å². The van der Waals surface area contributed by atoms with Crippen LogP contribution in [0.4, 0.5) is 12.9 Å². The van der Waals surface area contributed by atoms with Gasteiger partial charge in [-0.3, -0.25) is 4.98 Å². The normalized spacial score (nSPS) is 11.1. The van der Waals surface area contributed by atoms with Crippen molar-refractivity contribution in [3.8, 4) is 0 Å². The number of pyridine rings is 1. The molecule has 0 unspecified atom stereocenters. The Morgan fingerprint density at radius 2 is 2.07 bits per heavy atom. The van der Waals surface area contributed by atoms with E-state index in [4.69, 9.17) is 0 Å². The molecule has 0 saturated heterocycles. The number of ether oxygens (including phenoxy) is 1. The molecule has 0 atom stereocenters. The van der Waals surface area contributed by atoms with Crippen LogP contribution in [0.2, 0.25) is 0 Å². The molecule has 0 amide bonds. The molecule has 1 rings (SSSR count). The van der Waals surface area contributed by atoms with E-state index in [1.165, 1.54) is 0 Å². The van der Waals surface area contributed by atoms with Gasteiger partial charge in [-0.15, -0.1) is 0 Å². The highest BCUT2D eigenvalue weighted by atomic mass is 19.4. The zero-order valence-corrected chi connectivity index (χ0v) is 7.21. The molecular weight excluding hydrogens is 198 g/mol. The Kier molecular flexibility index (Phi) is 2.78. The maximum atomic E-state index is 12.1. The lowest BCUT2D eigenvalue weighted by atomic mass is 9.81. The Balaban J connectivity index is 2.95. The van der Waals surface area contributed by atoms with Gasteiger partial charge in [-0.25, -0.2) is 4.79 Å². The van der Waals surface area contributed by atoms with Crippen LogP contribution in [-0.2, 0) is 4.74 Å².